The van der Waals surface area contributed by atoms with Gasteiger partial charge < -0.3 is 0 Å². The molecule has 0 spiro atoms. The van der Waals surface area contributed by atoms with E-state index in [1.807, 2.05) is 0 Å². The van der Waals surface area contributed by atoms with E-state index < -0.39 is 0 Å². The molecule has 4 heteroatoms. The van der Waals surface area contributed by atoms with Gasteiger partial charge in [0, 0.05) is 5.38 Å². The van der Waals surface area contributed by atoms with Gasteiger partial charge in [0.15, 0.2) is 0 Å². The first-order chi connectivity index (χ1) is 4.33. The number of hydrogen-bond acceptors (Lipinski definition) is 3. The van der Waals surface area contributed by atoms with Gasteiger partial charge in [0.2, 0.25) is 6.08 Å². The van der Waals surface area contributed by atoms with Gasteiger partial charge in [0.05, 0.1) is 5.02 Å². The fourth-order valence-corrected chi connectivity index (χ4v) is 1.29. The first kappa shape index (κ1) is 6.49. The third-order valence-corrected chi connectivity index (χ3v) is 1.88. The highest BCUT2D eigenvalue weighted by Gasteiger charge is 1.92. The van der Waals surface area contributed by atoms with Crippen molar-refractivity contribution in [3.63, 3.8) is 0 Å². The van der Waals surface area contributed by atoms with E-state index in [9.17, 15) is 4.79 Å². The number of thiophene rings is 1. The van der Waals surface area contributed by atoms with E-state index in [1.165, 1.54) is 17.4 Å². The highest BCUT2D eigenvalue weighted by Crippen LogP contribution is 2.25. The van der Waals surface area contributed by atoms with Crippen molar-refractivity contribution in [2.75, 3.05) is 0 Å². The summed E-state index contributed by atoms with van der Waals surface area (Å²) in [4.78, 5) is 13.0. The Kier molecular flexibility index (Phi) is 2.01. The van der Waals surface area contributed by atoms with E-state index in [4.69, 9.17) is 11.6 Å². The number of carbonyl (C=O) groups excluding carboxylic acids is 1. The third-order valence-electron chi connectivity index (χ3n) is 0.709. The van der Waals surface area contributed by atoms with Crippen LogP contribution in [0, 0.1) is 0 Å². The number of hydrogen-bond donors (Lipinski definition) is 0. The van der Waals surface area contributed by atoms with Gasteiger partial charge in [-0.1, -0.05) is 11.6 Å². The van der Waals surface area contributed by atoms with Crippen LogP contribution in [0.3, 0.4) is 0 Å². The second kappa shape index (κ2) is 2.78. The van der Waals surface area contributed by atoms with E-state index >= 15 is 0 Å². The lowest BCUT2D eigenvalue weighted by Crippen LogP contribution is -1.46. The zero-order chi connectivity index (χ0) is 6.69. The fourth-order valence-electron chi connectivity index (χ4n) is 0.406. The molecule has 9 heavy (non-hydrogen) atoms. The molecule has 0 bridgehead atoms. The van der Waals surface area contributed by atoms with Crippen LogP contribution >= 0.6 is 22.9 Å². The summed E-state index contributed by atoms with van der Waals surface area (Å²) in [5.41, 5.74) is 0. The minimum absolute atomic E-state index is 0.593. The number of halogens is 1. The SMILES string of the molecule is O=C=Nc1cc(Cl)cs1. The standard InChI is InChI=1S/C5H2ClNOS/c6-4-1-5(7-3-8)9-2-4/h1-2H. The number of rotatable bonds is 1. The zero-order valence-corrected chi connectivity index (χ0v) is 5.87. The monoisotopic (exact) mass is 159 g/mol. The molecule has 1 aromatic rings. The van der Waals surface area contributed by atoms with E-state index in [-0.39, 0.29) is 0 Å². The van der Waals surface area contributed by atoms with E-state index in [0.29, 0.717) is 10.0 Å². The van der Waals surface area contributed by atoms with Gasteiger partial charge >= 0.3 is 0 Å². The molecule has 1 rings (SSSR count). The lowest BCUT2D eigenvalue weighted by Gasteiger charge is -1.70. The summed E-state index contributed by atoms with van der Waals surface area (Å²) in [7, 11) is 0. The molecule has 0 saturated heterocycles. The summed E-state index contributed by atoms with van der Waals surface area (Å²) >= 11 is 6.83. The maximum absolute atomic E-state index is 9.66. The maximum Gasteiger partial charge on any atom is 0.241 e. The molecule has 0 amide bonds. The molecule has 0 aliphatic heterocycles. The van der Waals surface area contributed by atoms with Crippen LogP contribution in [0.4, 0.5) is 5.00 Å². The minimum Gasteiger partial charge on any atom is -0.211 e. The highest BCUT2D eigenvalue weighted by molar-refractivity contribution is 7.14. The Labute approximate surface area is 60.8 Å². The molecule has 0 atom stereocenters. The Hall–Kier alpha value is -0.630. The van der Waals surface area contributed by atoms with E-state index in [0.717, 1.165) is 0 Å². The Bertz CT molecular complexity index is 251. The van der Waals surface area contributed by atoms with E-state index in [1.54, 1.807) is 11.4 Å². The summed E-state index contributed by atoms with van der Waals surface area (Å²) in [6.07, 6.45) is 1.42. The molecule has 0 N–H and O–H groups in total. The molecule has 1 aromatic heterocycles. The zero-order valence-electron chi connectivity index (χ0n) is 4.30. The largest absolute Gasteiger partial charge is 0.241 e. The Balaban J connectivity index is 2.97. The normalized spacial score (nSPS) is 8.56. The molecule has 46 valence electrons. The van der Waals surface area contributed by atoms with Gasteiger partial charge in [0.25, 0.3) is 0 Å². The summed E-state index contributed by atoms with van der Waals surface area (Å²) in [6.45, 7) is 0. The summed E-state index contributed by atoms with van der Waals surface area (Å²) in [5, 5.41) is 2.90. The first-order valence-corrected chi connectivity index (χ1v) is 3.40. The summed E-state index contributed by atoms with van der Waals surface area (Å²) in [5.74, 6) is 0. The van der Waals surface area contributed by atoms with Crippen LogP contribution in [0.1, 0.15) is 0 Å². The van der Waals surface area contributed by atoms with Crippen molar-refractivity contribution in [3.8, 4) is 0 Å². The van der Waals surface area contributed by atoms with Crippen molar-refractivity contribution in [2.45, 2.75) is 0 Å². The molecule has 0 radical (unpaired) electrons. The lowest BCUT2D eigenvalue weighted by atomic mass is 10.6. The molecular formula is C5H2ClNOS. The molecule has 0 fully saturated rings. The molecular weight excluding hydrogens is 158 g/mol. The average molecular weight is 160 g/mol. The summed E-state index contributed by atoms with van der Waals surface area (Å²) < 4.78 is 0. The van der Waals surface area contributed by atoms with Crippen molar-refractivity contribution in [3.05, 3.63) is 16.5 Å². The van der Waals surface area contributed by atoms with Gasteiger partial charge in [-0.25, -0.2) is 4.79 Å². The minimum atomic E-state index is 0.593. The van der Waals surface area contributed by atoms with Gasteiger partial charge in [-0.15, -0.1) is 11.3 Å². The van der Waals surface area contributed by atoms with Crippen LogP contribution in [0.25, 0.3) is 0 Å². The number of nitrogens with zero attached hydrogens (tertiary/aromatic N) is 1. The van der Waals surface area contributed by atoms with Crippen LogP contribution in [0.5, 0.6) is 0 Å². The van der Waals surface area contributed by atoms with Gasteiger partial charge in [-0.05, 0) is 6.07 Å². The second-order valence-corrected chi connectivity index (χ2v) is 2.63. The fraction of sp³-hybridized carbons (Fsp3) is 0. The number of isocyanates is 1. The molecule has 0 aromatic carbocycles. The molecule has 0 unspecified atom stereocenters. The van der Waals surface area contributed by atoms with Crippen molar-refractivity contribution in [1.82, 2.24) is 0 Å². The average Bonchev–Trinajstić information content (AvgIpc) is 2.17. The Morgan fingerprint density at radius 3 is 3.00 bits per heavy atom. The van der Waals surface area contributed by atoms with Crippen molar-refractivity contribution >= 4 is 34.0 Å². The molecule has 2 nitrogen and oxygen atoms in total. The smallest absolute Gasteiger partial charge is 0.211 e. The molecule has 0 saturated carbocycles. The predicted molar refractivity (Wildman–Crippen MR) is 37.1 cm³/mol. The van der Waals surface area contributed by atoms with Crippen LogP contribution in [0.2, 0.25) is 5.02 Å². The summed E-state index contributed by atoms with van der Waals surface area (Å²) in [6, 6.07) is 1.61. The topological polar surface area (TPSA) is 29.4 Å². The molecule has 0 aliphatic rings. The van der Waals surface area contributed by atoms with Crippen molar-refractivity contribution in [1.29, 1.82) is 0 Å². The molecule has 1 heterocycles. The first-order valence-electron chi connectivity index (χ1n) is 2.15. The van der Waals surface area contributed by atoms with Gasteiger partial charge in [-0.2, -0.15) is 4.99 Å². The third kappa shape index (κ3) is 1.64. The van der Waals surface area contributed by atoms with Gasteiger partial charge in [0.1, 0.15) is 5.00 Å². The molecule has 0 aliphatic carbocycles. The van der Waals surface area contributed by atoms with Crippen molar-refractivity contribution in [2.24, 2.45) is 4.99 Å². The quantitative estimate of drug-likeness (QED) is 0.457. The van der Waals surface area contributed by atoms with E-state index in [2.05, 4.69) is 4.99 Å². The van der Waals surface area contributed by atoms with Gasteiger partial charge in [-0.3, -0.25) is 0 Å². The second-order valence-electron chi connectivity index (χ2n) is 1.31. The van der Waals surface area contributed by atoms with Crippen molar-refractivity contribution < 1.29 is 4.79 Å². The van der Waals surface area contributed by atoms with Crippen LogP contribution in [-0.2, 0) is 4.79 Å². The van der Waals surface area contributed by atoms with Crippen LogP contribution in [-0.4, -0.2) is 6.08 Å². The predicted octanol–water partition coefficient (Wildman–Crippen LogP) is 2.37. The van der Waals surface area contributed by atoms with Crippen LogP contribution < -0.4 is 0 Å². The number of aliphatic imine (C=N–C) groups is 1. The Morgan fingerprint density at radius 1 is 1.78 bits per heavy atom. The maximum atomic E-state index is 9.66. The Morgan fingerprint density at radius 2 is 2.56 bits per heavy atom. The highest BCUT2D eigenvalue weighted by atomic mass is 35.5. The van der Waals surface area contributed by atoms with Crippen LogP contribution in [0.15, 0.2) is 16.4 Å². The lowest BCUT2D eigenvalue weighted by molar-refractivity contribution is 0.565.